The Balaban J connectivity index is 2.40. The molecule has 0 atom stereocenters. The van der Waals surface area contributed by atoms with Crippen molar-refractivity contribution in [3.8, 4) is 0 Å². The Bertz CT molecular complexity index is 357. The van der Waals surface area contributed by atoms with Gasteiger partial charge >= 0.3 is 0 Å². The van der Waals surface area contributed by atoms with Crippen LogP contribution in [0.25, 0.3) is 0 Å². The van der Waals surface area contributed by atoms with E-state index >= 15 is 0 Å². The molecule has 0 bridgehead atoms. The van der Waals surface area contributed by atoms with Gasteiger partial charge in [0.25, 0.3) is 0 Å². The van der Waals surface area contributed by atoms with Crippen LogP contribution in [0.1, 0.15) is 40.0 Å². The molecule has 1 amide bonds. The van der Waals surface area contributed by atoms with Crippen LogP contribution in [0.5, 0.6) is 0 Å². The molecule has 1 rings (SSSR count). The van der Waals surface area contributed by atoms with Crippen LogP contribution in [0.4, 0.5) is 11.4 Å². The highest BCUT2D eigenvalue weighted by Gasteiger charge is 2.00. The number of benzene rings is 1. The standard InChI is InChI=1S/C15H24N2O/c1-4-5-15(18)17-14-8-6-13(7-9-14)16-11-10-12(2)3/h6-9,12,16H,4-5,10-11H2,1-3H3,(H,17,18). The molecule has 0 aliphatic heterocycles. The Kier molecular flexibility index (Phi) is 6.26. The average molecular weight is 248 g/mol. The second-order valence-corrected chi connectivity index (χ2v) is 4.98. The van der Waals surface area contributed by atoms with Crippen LogP contribution in [0.3, 0.4) is 0 Å². The van der Waals surface area contributed by atoms with Crippen LogP contribution in [0, 0.1) is 5.92 Å². The molecule has 3 heteroatoms. The third-order valence-corrected chi connectivity index (χ3v) is 2.70. The summed E-state index contributed by atoms with van der Waals surface area (Å²) >= 11 is 0. The van der Waals surface area contributed by atoms with Crippen LogP contribution in [-0.4, -0.2) is 12.5 Å². The van der Waals surface area contributed by atoms with Crippen LogP contribution >= 0.6 is 0 Å². The molecule has 100 valence electrons. The van der Waals surface area contributed by atoms with Crippen LogP contribution < -0.4 is 10.6 Å². The van der Waals surface area contributed by atoms with Crippen molar-refractivity contribution in [1.29, 1.82) is 0 Å². The summed E-state index contributed by atoms with van der Waals surface area (Å²) < 4.78 is 0. The van der Waals surface area contributed by atoms with E-state index in [2.05, 4.69) is 24.5 Å². The van der Waals surface area contributed by atoms with E-state index in [0.29, 0.717) is 12.3 Å². The van der Waals surface area contributed by atoms with Crippen molar-refractivity contribution in [2.45, 2.75) is 40.0 Å². The highest BCUT2D eigenvalue weighted by molar-refractivity contribution is 5.90. The van der Waals surface area contributed by atoms with E-state index in [1.807, 2.05) is 31.2 Å². The fraction of sp³-hybridized carbons (Fsp3) is 0.533. The number of hydrogen-bond acceptors (Lipinski definition) is 2. The number of carbonyl (C=O) groups excluding carboxylic acids is 1. The second kappa shape index (κ2) is 7.75. The predicted molar refractivity (Wildman–Crippen MR) is 77.9 cm³/mol. The molecule has 0 saturated carbocycles. The zero-order chi connectivity index (χ0) is 13.4. The van der Waals surface area contributed by atoms with E-state index in [-0.39, 0.29) is 5.91 Å². The monoisotopic (exact) mass is 248 g/mol. The lowest BCUT2D eigenvalue weighted by Crippen LogP contribution is -2.10. The predicted octanol–water partition coefficient (Wildman–Crippen LogP) is 3.88. The molecule has 1 aromatic rings. The van der Waals surface area contributed by atoms with Gasteiger partial charge in [0.05, 0.1) is 0 Å². The molecule has 2 N–H and O–H groups in total. The molecule has 0 saturated heterocycles. The van der Waals surface area contributed by atoms with Crippen molar-refractivity contribution in [3.05, 3.63) is 24.3 Å². The third-order valence-electron chi connectivity index (χ3n) is 2.70. The maximum absolute atomic E-state index is 11.4. The van der Waals surface area contributed by atoms with Crippen molar-refractivity contribution in [2.24, 2.45) is 5.92 Å². The molecule has 1 aromatic carbocycles. The van der Waals surface area contributed by atoms with Crippen molar-refractivity contribution in [2.75, 3.05) is 17.2 Å². The zero-order valence-electron chi connectivity index (χ0n) is 11.6. The fourth-order valence-electron chi connectivity index (χ4n) is 1.63. The molecular weight excluding hydrogens is 224 g/mol. The molecule has 0 fully saturated rings. The Morgan fingerprint density at radius 1 is 1.17 bits per heavy atom. The lowest BCUT2D eigenvalue weighted by atomic mass is 10.1. The van der Waals surface area contributed by atoms with Gasteiger partial charge in [0.2, 0.25) is 5.91 Å². The van der Waals surface area contributed by atoms with Gasteiger partial charge in [-0.15, -0.1) is 0 Å². The fourth-order valence-corrected chi connectivity index (χ4v) is 1.63. The van der Waals surface area contributed by atoms with Gasteiger partial charge in [-0.2, -0.15) is 0 Å². The van der Waals surface area contributed by atoms with Gasteiger partial charge in [-0.05, 0) is 43.0 Å². The van der Waals surface area contributed by atoms with Crippen LogP contribution in [-0.2, 0) is 4.79 Å². The number of rotatable bonds is 7. The molecular formula is C15H24N2O. The first-order valence-corrected chi connectivity index (χ1v) is 6.75. The Hall–Kier alpha value is -1.51. The number of hydrogen-bond donors (Lipinski definition) is 2. The SMILES string of the molecule is CCCC(=O)Nc1ccc(NCCC(C)C)cc1. The topological polar surface area (TPSA) is 41.1 Å². The molecule has 18 heavy (non-hydrogen) atoms. The van der Waals surface area contributed by atoms with Crippen molar-refractivity contribution < 1.29 is 4.79 Å². The van der Waals surface area contributed by atoms with Gasteiger partial charge < -0.3 is 10.6 Å². The minimum atomic E-state index is 0.0815. The molecule has 0 aromatic heterocycles. The largest absolute Gasteiger partial charge is 0.385 e. The minimum absolute atomic E-state index is 0.0815. The van der Waals surface area contributed by atoms with Gasteiger partial charge in [0, 0.05) is 24.3 Å². The Morgan fingerprint density at radius 2 is 1.78 bits per heavy atom. The van der Waals surface area contributed by atoms with Gasteiger partial charge in [-0.1, -0.05) is 20.8 Å². The van der Waals surface area contributed by atoms with Crippen molar-refractivity contribution in [3.63, 3.8) is 0 Å². The van der Waals surface area contributed by atoms with Crippen molar-refractivity contribution in [1.82, 2.24) is 0 Å². The molecule has 0 radical (unpaired) electrons. The van der Waals surface area contributed by atoms with E-state index in [4.69, 9.17) is 0 Å². The van der Waals surface area contributed by atoms with Gasteiger partial charge in [-0.25, -0.2) is 0 Å². The Morgan fingerprint density at radius 3 is 2.33 bits per heavy atom. The van der Waals surface area contributed by atoms with Crippen LogP contribution in [0.2, 0.25) is 0 Å². The number of nitrogens with one attached hydrogen (secondary N) is 2. The summed E-state index contributed by atoms with van der Waals surface area (Å²) in [5.41, 5.74) is 1.96. The molecule has 0 heterocycles. The molecule has 0 unspecified atom stereocenters. The van der Waals surface area contributed by atoms with E-state index < -0.39 is 0 Å². The van der Waals surface area contributed by atoms with E-state index in [1.165, 1.54) is 0 Å². The smallest absolute Gasteiger partial charge is 0.224 e. The molecule has 0 aliphatic rings. The first kappa shape index (κ1) is 14.6. The highest BCUT2D eigenvalue weighted by Crippen LogP contribution is 2.14. The summed E-state index contributed by atoms with van der Waals surface area (Å²) in [4.78, 5) is 11.4. The summed E-state index contributed by atoms with van der Waals surface area (Å²) in [5, 5.41) is 6.25. The lowest BCUT2D eigenvalue weighted by molar-refractivity contribution is -0.116. The number of amides is 1. The van der Waals surface area contributed by atoms with Gasteiger partial charge in [-0.3, -0.25) is 4.79 Å². The first-order valence-electron chi connectivity index (χ1n) is 6.75. The minimum Gasteiger partial charge on any atom is -0.385 e. The van der Waals surface area contributed by atoms with E-state index in [9.17, 15) is 4.79 Å². The highest BCUT2D eigenvalue weighted by atomic mass is 16.1. The molecule has 0 aliphatic carbocycles. The molecule has 3 nitrogen and oxygen atoms in total. The maximum Gasteiger partial charge on any atom is 0.224 e. The Labute approximate surface area is 110 Å². The lowest BCUT2D eigenvalue weighted by Gasteiger charge is -2.09. The normalized spacial score (nSPS) is 10.4. The zero-order valence-corrected chi connectivity index (χ0v) is 11.6. The summed E-state index contributed by atoms with van der Waals surface area (Å²) in [6.45, 7) is 7.42. The van der Waals surface area contributed by atoms with Gasteiger partial charge in [0.15, 0.2) is 0 Å². The quantitative estimate of drug-likeness (QED) is 0.768. The first-order chi connectivity index (χ1) is 8.61. The van der Waals surface area contributed by atoms with Crippen LogP contribution in [0.15, 0.2) is 24.3 Å². The van der Waals surface area contributed by atoms with Gasteiger partial charge in [0.1, 0.15) is 0 Å². The summed E-state index contributed by atoms with van der Waals surface area (Å²) in [5.74, 6) is 0.795. The third kappa shape index (κ3) is 5.71. The van der Waals surface area contributed by atoms with Crippen molar-refractivity contribution >= 4 is 17.3 Å². The van der Waals surface area contributed by atoms with E-state index in [1.54, 1.807) is 0 Å². The van der Waals surface area contributed by atoms with E-state index in [0.717, 1.165) is 30.8 Å². The summed E-state index contributed by atoms with van der Waals surface area (Å²) in [6, 6.07) is 7.88. The summed E-state index contributed by atoms with van der Waals surface area (Å²) in [7, 11) is 0. The average Bonchev–Trinajstić information content (AvgIpc) is 2.31. The summed E-state index contributed by atoms with van der Waals surface area (Å²) in [6.07, 6.45) is 2.62. The maximum atomic E-state index is 11.4. The second-order valence-electron chi connectivity index (χ2n) is 4.98. The molecule has 0 spiro atoms. The number of anilines is 2. The number of carbonyl (C=O) groups is 1.